The van der Waals surface area contributed by atoms with Crippen LogP contribution in [0.15, 0.2) is 16.9 Å². The Kier molecular flexibility index (Phi) is 2.46. The predicted octanol–water partition coefficient (Wildman–Crippen LogP) is 0.716. The lowest BCUT2D eigenvalue weighted by molar-refractivity contribution is 0.139. The highest BCUT2D eigenvalue weighted by Gasteiger charge is 2.32. The Labute approximate surface area is 89.6 Å². The summed E-state index contributed by atoms with van der Waals surface area (Å²) in [7, 11) is 0. The van der Waals surface area contributed by atoms with Crippen LogP contribution in [0.2, 0.25) is 0 Å². The fraction of sp³-hybridized carbons (Fsp3) is 0.727. The molecule has 0 aromatic carbocycles. The number of hydrogen-bond acceptors (Lipinski definition) is 4. The van der Waals surface area contributed by atoms with Gasteiger partial charge in [0.1, 0.15) is 6.26 Å². The highest BCUT2D eigenvalue weighted by molar-refractivity contribution is 4.97. The molecule has 2 aliphatic heterocycles. The Morgan fingerprint density at radius 3 is 3.27 bits per heavy atom. The highest BCUT2D eigenvalue weighted by Crippen LogP contribution is 2.26. The SMILES string of the molecule is c1cc(CN2CCC3CNCC3C2)no1. The number of likely N-dealkylation sites (tertiary alicyclic amines) is 1. The van der Waals surface area contributed by atoms with Crippen molar-refractivity contribution in [2.24, 2.45) is 11.8 Å². The van der Waals surface area contributed by atoms with Gasteiger partial charge in [-0.05, 0) is 37.9 Å². The van der Waals surface area contributed by atoms with E-state index in [-0.39, 0.29) is 0 Å². The molecule has 2 unspecified atom stereocenters. The van der Waals surface area contributed by atoms with Crippen molar-refractivity contribution in [1.82, 2.24) is 15.4 Å². The molecule has 1 N–H and O–H groups in total. The van der Waals surface area contributed by atoms with Crippen LogP contribution in [-0.2, 0) is 6.54 Å². The van der Waals surface area contributed by atoms with Gasteiger partial charge in [0.05, 0.1) is 5.69 Å². The summed E-state index contributed by atoms with van der Waals surface area (Å²) >= 11 is 0. The van der Waals surface area contributed by atoms with Crippen LogP contribution in [0.4, 0.5) is 0 Å². The second-order valence-electron chi connectivity index (χ2n) is 4.69. The minimum atomic E-state index is 0.852. The van der Waals surface area contributed by atoms with Crippen LogP contribution in [0.3, 0.4) is 0 Å². The molecular formula is C11H17N3O. The first-order chi connectivity index (χ1) is 7.42. The monoisotopic (exact) mass is 207 g/mol. The van der Waals surface area contributed by atoms with Crippen molar-refractivity contribution in [2.75, 3.05) is 26.2 Å². The standard InChI is InChI=1S/C11H17N3O/c1-3-14(8-11-2-4-15-13-11)7-10-6-12-5-9(1)10/h2,4,9-10,12H,1,3,5-8H2. The molecule has 0 aliphatic carbocycles. The van der Waals surface area contributed by atoms with Gasteiger partial charge in [-0.15, -0.1) is 0 Å². The molecule has 0 amide bonds. The molecule has 4 nitrogen and oxygen atoms in total. The van der Waals surface area contributed by atoms with Crippen LogP contribution >= 0.6 is 0 Å². The average Bonchev–Trinajstić information content (AvgIpc) is 2.87. The van der Waals surface area contributed by atoms with Crippen molar-refractivity contribution in [1.29, 1.82) is 0 Å². The molecule has 0 radical (unpaired) electrons. The smallest absolute Gasteiger partial charge is 0.124 e. The van der Waals surface area contributed by atoms with Gasteiger partial charge in [0.15, 0.2) is 0 Å². The summed E-state index contributed by atoms with van der Waals surface area (Å²) in [4.78, 5) is 2.49. The maximum atomic E-state index is 4.85. The first kappa shape index (κ1) is 9.36. The largest absolute Gasteiger partial charge is 0.364 e. The third-order valence-corrected chi connectivity index (χ3v) is 3.67. The third-order valence-electron chi connectivity index (χ3n) is 3.67. The maximum Gasteiger partial charge on any atom is 0.124 e. The van der Waals surface area contributed by atoms with Crippen LogP contribution in [-0.4, -0.2) is 36.2 Å². The predicted molar refractivity (Wildman–Crippen MR) is 56.2 cm³/mol. The van der Waals surface area contributed by atoms with Gasteiger partial charge in [0, 0.05) is 19.2 Å². The van der Waals surface area contributed by atoms with E-state index in [1.807, 2.05) is 6.07 Å². The van der Waals surface area contributed by atoms with E-state index in [0.29, 0.717) is 0 Å². The van der Waals surface area contributed by atoms with Gasteiger partial charge in [-0.25, -0.2) is 0 Å². The Morgan fingerprint density at radius 1 is 1.47 bits per heavy atom. The molecule has 82 valence electrons. The number of nitrogens with one attached hydrogen (secondary N) is 1. The van der Waals surface area contributed by atoms with E-state index in [2.05, 4.69) is 15.4 Å². The second kappa shape index (κ2) is 3.94. The van der Waals surface area contributed by atoms with E-state index in [9.17, 15) is 0 Å². The van der Waals surface area contributed by atoms with Crippen LogP contribution < -0.4 is 5.32 Å². The van der Waals surface area contributed by atoms with Crippen LogP contribution in [0.5, 0.6) is 0 Å². The zero-order valence-electron chi connectivity index (χ0n) is 8.85. The molecule has 3 heterocycles. The first-order valence-electron chi connectivity index (χ1n) is 5.74. The topological polar surface area (TPSA) is 41.3 Å². The molecule has 4 heteroatoms. The minimum Gasteiger partial charge on any atom is -0.364 e. The van der Waals surface area contributed by atoms with E-state index in [1.54, 1.807) is 6.26 Å². The number of aromatic nitrogens is 1. The third kappa shape index (κ3) is 1.92. The van der Waals surface area contributed by atoms with Crippen LogP contribution in [0, 0.1) is 11.8 Å². The zero-order valence-corrected chi connectivity index (χ0v) is 8.85. The average molecular weight is 207 g/mol. The van der Waals surface area contributed by atoms with Crippen LogP contribution in [0.1, 0.15) is 12.1 Å². The lowest BCUT2D eigenvalue weighted by Gasteiger charge is -2.33. The molecule has 0 bridgehead atoms. The van der Waals surface area contributed by atoms with E-state index < -0.39 is 0 Å². The van der Waals surface area contributed by atoms with Gasteiger partial charge < -0.3 is 9.84 Å². The summed E-state index contributed by atoms with van der Waals surface area (Å²) in [5, 5.41) is 7.45. The van der Waals surface area contributed by atoms with Crippen molar-refractivity contribution in [3.05, 3.63) is 18.0 Å². The molecule has 2 saturated heterocycles. The maximum absolute atomic E-state index is 4.85. The molecule has 2 aliphatic rings. The highest BCUT2D eigenvalue weighted by atomic mass is 16.5. The molecule has 0 saturated carbocycles. The van der Waals surface area contributed by atoms with Gasteiger partial charge in [-0.1, -0.05) is 5.16 Å². The second-order valence-corrected chi connectivity index (χ2v) is 4.69. The molecule has 2 atom stereocenters. The van der Waals surface area contributed by atoms with Crippen molar-refractivity contribution in [2.45, 2.75) is 13.0 Å². The van der Waals surface area contributed by atoms with Crippen molar-refractivity contribution in [3.8, 4) is 0 Å². The number of piperidine rings is 1. The summed E-state index contributed by atoms with van der Waals surface area (Å²) in [6, 6.07) is 1.96. The summed E-state index contributed by atoms with van der Waals surface area (Å²) in [5.74, 6) is 1.77. The zero-order chi connectivity index (χ0) is 10.1. The van der Waals surface area contributed by atoms with E-state index >= 15 is 0 Å². The van der Waals surface area contributed by atoms with Gasteiger partial charge >= 0.3 is 0 Å². The normalized spacial score (nSPS) is 31.7. The Morgan fingerprint density at radius 2 is 2.40 bits per heavy atom. The Balaban J connectivity index is 1.59. The molecular weight excluding hydrogens is 190 g/mol. The minimum absolute atomic E-state index is 0.852. The van der Waals surface area contributed by atoms with Gasteiger partial charge in [0.2, 0.25) is 0 Å². The van der Waals surface area contributed by atoms with Crippen molar-refractivity contribution < 1.29 is 4.52 Å². The number of hydrogen-bond donors (Lipinski definition) is 1. The fourth-order valence-electron chi connectivity index (χ4n) is 2.80. The molecule has 0 spiro atoms. The van der Waals surface area contributed by atoms with E-state index in [4.69, 9.17) is 4.52 Å². The van der Waals surface area contributed by atoms with Crippen LogP contribution in [0.25, 0.3) is 0 Å². The van der Waals surface area contributed by atoms with Gasteiger partial charge in [-0.2, -0.15) is 0 Å². The molecule has 2 fully saturated rings. The summed E-state index contributed by atoms with van der Waals surface area (Å²) in [6.45, 7) is 5.78. The fourth-order valence-corrected chi connectivity index (χ4v) is 2.80. The summed E-state index contributed by atoms with van der Waals surface area (Å²) in [6.07, 6.45) is 2.98. The molecule has 3 rings (SSSR count). The number of fused-ring (bicyclic) bond motifs is 1. The Bertz CT molecular complexity index is 312. The Hall–Kier alpha value is -0.870. The van der Waals surface area contributed by atoms with E-state index in [1.165, 1.54) is 32.6 Å². The molecule has 1 aromatic rings. The lowest BCUT2D eigenvalue weighted by Crippen LogP contribution is -2.39. The number of nitrogens with zero attached hydrogens (tertiary/aromatic N) is 2. The lowest BCUT2D eigenvalue weighted by atomic mass is 9.89. The van der Waals surface area contributed by atoms with Gasteiger partial charge in [-0.3, -0.25) is 4.90 Å². The molecule has 15 heavy (non-hydrogen) atoms. The quantitative estimate of drug-likeness (QED) is 0.775. The number of rotatable bonds is 2. The summed E-state index contributed by atoms with van der Waals surface area (Å²) < 4.78 is 4.85. The van der Waals surface area contributed by atoms with Crippen molar-refractivity contribution in [3.63, 3.8) is 0 Å². The van der Waals surface area contributed by atoms with E-state index in [0.717, 1.165) is 24.1 Å². The van der Waals surface area contributed by atoms with Gasteiger partial charge in [0.25, 0.3) is 0 Å². The molecule has 1 aromatic heterocycles. The first-order valence-corrected chi connectivity index (χ1v) is 5.74. The van der Waals surface area contributed by atoms with Crippen molar-refractivity contribution >= 4 is 0 Å². The summed E-state index contributed by atoms with van der Waals surface area (Å²) in [5.41, 5.74) is 1.06.